The summed E-state index contributed by atoms with van der Waals surface area (Å²) in [6.07, 6.45) is 1.77. The predicted octanol–water partition coefficient (Wildman–Crippen LogP) is 2.24. The molecule has 19 heavy (non-hydrogen) atoms. The Morgan fingerprint density at radius 3 is 2.74 bits per heavy atom. The van der Waals surface area contributed by atoms with Crippen molar-refractivity contribution in [1.82, 2.24) is 4.90 Å². The zero-order valence-corrected chi connectivity index (χ0v) is 12.0. The van der Waals surface area contributed by atoms with E-state index in [0.29, 0.717) is 22.4 Å². The van der Waals surface area contributed by atoms with Crippen LogP contribution in [0.1, 0.15) is 5.56 Å². The molecule has 0 radical (unpaired) electrons. The number of hydrogen-bond acceptors (Lipinski definition) is 5. The Balaban J connectivity index is 2.16. The van der Waals surface area contributed by atoms with Gasteiger partial charge in [-0.05, 0) is 23.8 Å². The number of amides is 1. The Morgan fingerprint density at radius 1 is 1.42 bits per heavy atom. The molecule has 1 aliphatic heterocycles. The van der Waals surface area contributed by atoms with E-state index in [1.807, 2.05) is 0 Å². The number of rotatable bonds is 4. The molecule has 0 atom stereocenters. The summed E-state index contributed by atoms with van der Waals surface area (Å²) in [5.41, 5.74) is 0.852. The molecule has 1 N–H and O–H groups in total. The minimum atomic E-state index is -0.0971. The van der Waals surface area contributed by atoms with Crippen molar-refractivity contribution in [2.24, 2.45) is 0 Å². The van der Waals surface area contributed by atoms with Gasteiger partial charge >= 0.3 is 0 Å². The summed E-state index contributed by atoms with van der Waals surface area (Å²) in [5.74, 6) is 0.102. The number of thiocarbonyl (C=S) groups is 1. The van der Waals surface area contributed by atoms with E-state index < -0.39 is 0 Å². The number of nitrogens with zero attached hydrogens (tertiary/aromatic N) is 1. The van der Waals surface area contributed by atoms with Gasteiger partial charge in [-0.15, -0.1) is 0 Å². The summed E-state index contributed by atoms with van der Waals surface area (Å²) in [6, 6.07) is 6.66. The van der Waals surface area contributed by atoms with Crippen LogP contribution in [0.5, 0.6) is 5.75 Å². The number of aromatic hydroxyl groups is 1. The zero-order chi connectivity index (χ0) is 13.8. The molecule has 1 aromatic rings. The van der Waals surface area contributed by atoms with Crippen LogP contribution in [-0.2, 0) is 9.53 Å². The first-order chi connectivity index (χ1) is 9.11. The van der Waals surface area contributed by atoms with Gasteiger partial charge in [0, 0.05) is 7.11 Å². The lowest BCUT2D eigenvalue weighted by atomic mass is 10.2. The fourth-order valence-corrected chi connectivity index (χ4v) is 2.91. The molecular formula is C13H13NO3S2. The molecule has 1 aliphatic rings. The third kappa shape index (κ3) is 3.34. The average Bonchev–Trinajstić information content (AvgIpc) is 2.65. The van der Waals surface area contributed by atoms with E-state index in [4.69, 9.17) is 17.0 Å². The number of hydrogen-bond donors (Lipinski definition) is 1. The largest absolute Gasteiger partial charge is 0.508 e. The maximum atomic E-state index is 12.1. The van der Waals surface area contributed by atoms with Crippen LogP contribution in [0.3, 0.4) is 0 Å². The topological polar surface area (TPSA) is 49.8 Å². The summed E-state index contributed by atoms with van der Waals surface area (Å²) < 4.78 is 5.51. The summed E-state index contributed by atoms with van der Waals surface area (Å²) in [6.45, 7) is 0.924. The first-order valence-electron chi connectivity index (χ1n) is 5.65. The van der Waals surface area contributed by atoms with Crippen molar-refractivity contribution < 1.29 is 14.6 Å². The average molecular weight is 295 g/mol. The maximum Gasteiger partial charge on any atom is 0.266 e. The molecule has 0 saturated carbocycles. The summed E-state index contributed by atoms with van der Waals surface area (Å²) in [4.78, 5) is 14.3. The predicted molar refractivity (Wildman–Crippen MR) is 79.9 cm³/mol. The SMILES string of the molecule is COCCN1C(=O)C(=Cc2ccc(O)cc2)SC1=S. The van der Waals surface area contributed by atoms with Crippen molar-refractivity contribution in [3.05, 3.63) is 34.7 Å². The van der Waals surface area contributed by atoms with Gasteiger partial charge < -0.3 is 9.84 Å². The first-order valence-corrected chi connectivity index (χ1v) is 6.87. The molecule has 100 valence electrons. The molecule has 1 fully saturated rings. The molecule has 0 bridgehead atoms. The molecule has 0 aliphatic carbocycles. The number of carbonyl (C=O) groups excluding carboxylic acids is 1. The number of phenols is 1. The minimum Gasteiger partial charge on any atom is -0.508 e. The van der Waals surface area contributed by atoms with Crippen molar-refractivity contribution in [1.29, 1.82) is 0 Å². The second-order valence-electron chi connectivity index (χ2n) is 3.92. The van der Waals surface area contributed by atoms with E-state index in [1.54, 1.807) is 37.5 Å². The molecular weight excluding hydrogens is 282 g/mol. The number of benzene rings is 1. The number of ether oxygens (including phenoxy) is 1. The van der Waals surface area contributed by atoms with Crippen LogP contribution in [0.4, 0.5) is 0 Å². The van der Waals surface area contributed by atoms with Crippen LogP contribution in [0, 0.1) is 0 Å². The smallest absolute Gasteiger partial charge is 0.266 e. The molecule has 4 nitrogen and oxygen atoms in total. The number of phenolic OH excluding ortho intramolecular Hbond substituents is 1. The van der Waals surface area contributed by atoms with E-state index in [9.17, 15) is 9.90 Å². The third-order valence-electron chi connectivity index (χ3n) is 2.58. The highest BCUT2D eigenvalue weighted by atomic mass is 32.2. The molecule has 2 rings (SSSR count). The van der Waals surface area contributed by atoms with Gasteiger partial charge in [-0.3, -0.25) is 9.69 Å². The van der Waals surface area contributed by atoms with Crippen molar-refractivity contribution >= 4 is 40.3 Å². The second kappa shape index (κ2) is 6.18. The quantitative estimate of drug-likeness (QED) is 0.682. The van der Waals surface area contributed by atoms with Gasteiger partial charge in [-0.1, -0.05) is 36.1 Å². The fourth-order valence-electron chi connectivity index (χ4n) is 1.60. The van der Waals surface area contributed by atoms with Crippen molar-refractivity contribution in [2.45, 2.75) is 0 Å². The Bertz CT molecular complexity index is 525. The molecule has 1 saturated heterocycles. The van der Waals surface area contributed by atoms with E-state index in [2.05, 4.69) is 0 Å². The molecule has 1 heterocycles. The standard InChI is InChI=1S/C13H13NO3S2/c1-17-7-6-14-12(16)11(19-13(14)18)8-9-2-4-10(15)5-3-9/h2-5,8,15H,6-7H2,1H3. The minimum absolute atomic E-state index is 0.0971. The van der Waals surface area contributed by atoms with E-state index in [0.717, 1.165) is 5.56 Å². The van der Waals surface area contributed by atoms with Crippen LogP contribution in [-0.4, -0.2) is 40.5 Å². The molecule has 0 spiro atoms. The van der Waals surface area contributed by atoms with Crippen LogP contribution in [0.25, 0.3) is 6.08 Å². The highest BCUT2D eigenvalue weighted by Gasteiger charge is 2.31. The number of carbonyl (C=O) groups is 1. The second-order valence-corrected chi connectivity index (χ2v) is 5.59. The molecule has 0 aromatic heterocycles. The van der Waals surface area contributed by atoms with Gasteiger partial charge in [0.15, 0.2) is 0 Å². The molecule has 0 unspecified atom stereocenters. The highest BCUT2D eigenvalue weighted by molar-refractivity contribution is 8.26. The van der Waals surface area contributed by atoms with Gasteiger partial charge in [0.05, 0.1) is 18.1 Å². The van der Waals surface area contributed by atoms with Crippen molar-refractivity contribution in [3.8, 4) is 5.75 Å². The molecule has 1 amide bonds. The number of thioether (sulfide) groups is 1. The molecule has 1 aromatic carbocycles. The van der Waals surface area contributed by atoms with Gasteiger partial charge in [-0.25, -0.2) is 0 Å². The lowest BCUT2D eigenvalue weighted by Crippen LogP contribution is -2.31. The Morgan fingerprint density at radius 2 is 2.11 bits per heavy atom. The summed E-state index contributed by atoms with van der Waals surface area (Å²) in [7, 11) is 1.59. The summed E-state index contributed by atoms with van der Waals surface area (Å²) >= 11 is 6.46. The first kappa shape index (κ1) is 14.0. The third-order valence-corrected chi connectivity index (χ3v) is 3.96. The van der Waals surface area contributed by atoms with E-state index >= 15 is 0 Å². The zero-order valence-electron chi connectivity index (χ0n) is 10.3. The van der Waals surface area contributed by atoms with Gasteiger partial charge in [-0.2, -0.15) is 0 Å². The monoisotopic (exact) mass is 295 g/mol. The van der Waals surface area contributed by atoms with Crippen LogP contribution >= 0.6 is 24.0 Å². The normalized spacial score (nSPS) is 17.5. The summed E-state index contributed by atoms with van der Waals surface area (Å²) in [5, 5.41) is 9.22. The van der Waals surface area contributed by atoms with Crippen LogP contribution < -0.4 is 0 Å². The lowest BCUT2D eigenvalue weighted by Gasteiger charge is -2.12. The Hall–Kier alpha value is -1.37. The maximum absolute atomic E-state index is 12.1. The highest BCUT2D eigenvalue weighted by Crippen LogP contribution is 2.32. The fraction of sp³-hybridized carbons (Fsp3) is 0.231. The Labute approximate surface area is 121 Å². The molecule has 6 heteroatoms. The Kier molecular flexibility index (Phi) is 4.57. The van der Waals surface area contributed by atoms with Crippen LogP contribution in [0.15, 0.2) is 29.2 Å². The van der Waals surface area contributed by atoms with Crippen molar-refractivity contribution in [2.75, 3.05) is 20.3 Å². The van der Waals surface area contributed by atoms with Crippen molar-refractivity contribution in [3.63, 3.8) is 0 Å². The van der Waals surface area contributed by atoms with Gasteiger partial charge in [0.25, 0.3) is 5.91 Å². The van der Waals surface area contributed by atoms with Gasteiger partial charge in [0.2, 0.25) is 0 Å². The van der Waals surface area contributed by atoms with E-state index in [-0.39, 0.29) is 11.7 Å². The lowest BCUT2D eigenvalue weighted by molar-refractivity contribution is -0.122. The van der Waals surface area contributed by atoms with Gasteiger partial charge in [0.1, 0.15) is 10.1 Å². The van der Waals surface area contributed by atoms with Crippen LogP contribution in [0.2, 0.25) is 0 Å². The van der Waals surface area contributed by atoms with E-state index in [1.165, 1.54) is 16.7 Å². The number of methoxy groups -OCH3 is 1.